The van der Waals surface area contributed by atoms with Gasteiger partial charge in [-0.15, -0.1) is 0 Å². The van der Waals surface area contributed by atoms with E-state index in [4.69, 9.17) is 17.3 Å². The Morgan fingerprint density at radius 2 is 2.14 bits per heavy atom. The third-order valence-corrected chi connectivity index (χ3v) is 3.63. The lowest BCUT2D eigenvalue weighted by Gasteiger charge is -2.16. The van der Waals surface area contributed by atoms with Gasteiger partial charge in [0.05, 0.1) is 33.9 Å². The van der Waals surface area contributed by atoms with Crippen molar-refractivity contribution in [3.05, 3.63) is 63.7 Å². The average Bonchev–Trinajstić information content (AvgIpc) is 2.51. The molecule has 0 spiro atoms. The monoisotopic (exact) mass is 318 g/mol. The average molecular weight is 319 g/mol. The number of halogens is 2. The zero-order chi connectivity index (χ0) is 15.9. The normalized spacial score (nSPS) is 12.5. The van der Waals surface area contributed by atoms with Gasteiger partial charge in [0.25, 0.3) is 5.56 Å². The number of aromatic nitrogens is 3. The molecule has 0 bridgehead atoms. The largest absolute Gasteiger partial charge is 0.322 e. The summed E-state index contributed by atoms with van der Waals surface area (Å²) >= 11 is 5.95. The highest BCUT2D eigenvalue weighted by atomic mass is 35.5. The van der Waals surface area contributed by atoms with Crippen molar-refractivity contribution < 1.29 is 4.39 Å². The summed E-state index contributed by atoms with van der Waals surface area (Å²) in [5.74, 6) is -0.312. The smallest absolute Gasteiger partial charge is 0.267 e. The number of rotatable bonds is 2. The third-order valence-electron chi connectivity index (χ3n) is 3.27. The van der Waals surface area contributed by atoms with Crippen LogP contribution in [0.3, 0.4) is 0 Å². The fourth-order valence-electron chi connectivity index (χ4n) is 2.27. The van der Waals surface area contributed by atoms with Gasteiger partial charge < -0.3 is 5.73 Å². The Kier molecular flexibility index (Phi) is 3.64. The Labute approximate surface area is 130 Å². The van der Waals surface area contributed by atoms with Gasteiger partial charge in [-0.1, -0.05) is 11.6 Å². The van der Waals surface area contributed by atoms with Gasteiger partial charge in [0.1, 0.15) is 11.6 Å². The number of nitrogens with two attached hydrogens (primary N) is 1. The van der Waals surface area contributed by atoms with Crippen molar-refractivity contribution in [2.75, 3.05) is 0 Å². The summed E-state index contributed by atoms with van der Waals surface area (Å²) in [5.41, 5.74) is 6.26. The van der Waals surface area contributed by atoms with E-state index in [9.17, 15) is 9.18 Å². The molecule has 5 nitrogen and oxygen atoms in total. The van der Waals surface area contributed by atoms with E-state index in [1.807, 2.05) is 0 Å². The number of benzene rings is 1. The maximum absolute atomic E-state index is 13.7. The van der Waals surface area contributed by atoms with Crippen molar-refractivity contribution >= 4 is 22.5 Å². The number of hydrogen-bond acceptors (Lipinski definition) is 4. The molecule has 112 valence electrons. The van der Waals surface area contributed by atoms with Gasteiger partial charge in [-0.05, 0) is 31.2 Å². The third kappa shape index (κ3) is 2.26. The minimum atomic E-state index is -0.667. The first kappa shape index (κ1) is 14.6. The van der Waals surface area contributed by atoms with Crippen molar-refractivity contribution in [1.29, 1.82) is 0 Å². The Morgan fingerprint density at radius 3 is 2.77 bits per heavy atom. The molecule has 0 saturated carbocycles. The van der Waals surface area contributed by atoms with E-state index in [0.717, 1.165) is 0 Å². The molecule has 2 N–H and O–H groups in total. The summed E-state index contributed by atoms with van der Waals surface area (Å²) in [5, 5.41) is -0.223. The molecule has 0 amide bonds. The zero-order valence-electron chi connectivity index (χ0n) is 11.6. The van der Waals surface area contributed by atoms with Crippen LogP contribution in [0.5, 0.6) is 0 Å². The maximum Gasteiger partial charge on any atom is 0.267 e. The first-order valence-electron chi connectivity index (χ1n) is 6.57. The number of pyridine rings is 1. The highest BCUT2D eigenvalue weighted by Gasteiger charge is 2.18. The van der Waals surface area contributed by atoms with Gasteiger partial charge in [0, 0.05) is 6.20 Å². The van der Waals surface area contributed by atoms with Crippen molar-refractivity contribution in [2.24, 2.45) is 5.73 Å². The van der Waals surface area contributed by atoms with Crippen LogP contribution < -0.4 is 11.3 Å². The molecule has 22 heavy (non-hydrogen) atoms. The van der Waals surface area contributed by atoms with Crippen LogP contribution >= 0.6 is 11.6 Å². The molecular weight excluding hydrogens is 307 g/mol. The molecule has 0 saturated heterocycles. The standard InChI is InChI=1S/C15H12ClFN4O/c1-8(18)14-20-11-5-4-10(17)13(16)12(11)15(22)21(14)9-3-2-6-19-7-9/h2-8H,18H2,1H3/t8-/m0/s1. The van der Waals surface area contributed by atoms with Crippen LogP contribution in [0.1, 0.15) is 18.8 Å². The molecule has 3 rings (SSSR count). The Morgan fingerprint density at radius 1 is 1.36 bits per heavy atom. The molecule has 0 unspecified atom stereocenters. The summed E-state index contributed by atoms with van der Waals surface area (Å²) in [4.78, 5) is 21.2. The van der Waals surface area contributed by atoms with Gasteiger partial charge >= 0.3 is 0 Å². The second kappa shape index (κ2) is 5.47. The van der Waals surface area contributed by atoms with E-state index in [2.05, 4.69) is 9.97 Å². The fraction of sp³-hybridized carbons (Fsp3) is 0.133. The predicted molar refractivity (Wildman–Crippen MR) is 82.7 cm³/mol. The van der Waals surface area contributed by atoms with Crippen molar-refractivity contribution in [2.45, 2.75) is 13.0 Å². The van der Waals surface area contributed by atoms with Crippen LogP contribution in [0.15, 0.2) is 41.5 Å². The van der Waals surface area contributed by atoms with Crippen LogP contribution in [0.25, 0.3) is 16.6 Å². The molecule has 2 aromatic heterocycles. The minimum Gasteiger partial charge on any atom is -0.322 e. The SMILES string of the molecule is C[C@H](N)c1nc2ccc(F)c(Cl)c2c(=O)n1-c1cccnc1. The van der Waals surface area contributed by atoms with E-state index < -0.39 is 17.4 Å². The van der Waals surface area contributed by atoms with Crippen molar-refractivity contribution in [3.63, 3.8) is 0 Å². The summed E-state index contributed by atoms with van der Waals surface area (Å²) in [6.07, 6.45) is 3.09. The lowest BCUT2D eigenvalue weighted by molar-refractivity contribution is 0.629. The molecule has 2 heterocycles. The lowest BCUT2D eigenvalue weighted by Crippen LogP contribution is -2.27. The topological polar surface area (TPSA) is 73.8 Å². The Hall–Kier alpha value is -2.31. The predicted octanol–water partition coefficient (Wildman–Crippen LogP) is 2.59. The molecular formula is C15H12ClFN4O. The molecule has 7 heteroatoms. The van der Waals surface area contributed by atoms with E-state index >= 15 is 0 Å². The van der Waals surface area contributed by atoms with E-state index in [1.54, 1.807) is 25.3 Å². The molecule has 1 atom stereocenters. The first-order chi connectivity index (χ1) is 10.5. The van der Waals surface area contributed by atoms with E-state index in [0.29, 0.717) is 17.0 Å². The van der Waals surface area contributed by atoms with Crippen LogP contribution in [0.2, 0.25) is 5.02 Å². The van der Waals surface area contributed by atoms with Gasteiger partial charge in [0.15, 0.2) is 0 Å². The molecule has 0 fully saturated rings. The van der Waals surface area contributed by atoms with Crippen LogP contribution in [0.4, 0.5) is 4.39 Å². The molecule has 3 aromatic rings. The van der Waals surface area contributed by atoms with Crippen LogP contribution in [-0.4, -0.2) is 14.5 Å². The number of nitrogens with zero attached hydrogens (tertiary/aromatic N) is 3. The lowest BCUT2D eigenvalue weighted by atomic mass is 10.2. The Bertz CT molecular complexity index is 909. The fourth-order valence-corrected chi connectivity index (χ4v) is 2.51. The molecule has 0 aliphatic heterocycles. The highest BCUT2D eigenvalue weighted by Crippen LogP contribution is 2.24. The number of hydrogen-bond donors (Lipinski definition) is 1. The van der Waals surface area contributed by atoms with Gasteiger partial charge in [0.2, 0.25) is 0 Å². The van der Waals surface area contributed by atoms with E-state index in [-0.39, 0.29) is 10.4 Å². The molecule has 0 aliphatic rings. The first-order valence-corrected chi connectivity index (χ1v) is 6.95. The Balaban J connectivity index is 2.49. The van der Waals surface area contributed by atoms with Gasteiger partial charge in [-0.25, -0.2) is 9.37 Å². The van der Waals surface area contributed by atoms with Gasteiger partial charge in [-0.2, -0.15) is 0 Å². The summed E-state index contributed by atoms with van der Waals surface area (Å²) < 4.78 is 15.0. The maximum atomic E-state index is 13.7. The second-order valence-electron chi connectivity index (χ2n) is 4.87. The highest BCUT2D eigenvalue weighted by molar-refractivity contribution is 6.35. The van der Waals surface area contributed by atoms with Crippen LogP contribution in [0, 0.1) is 5.82 Å². The summed E-state index contributed by atoms with van der Waals surface area (Å²) in [7, 11) is 0. The molecule has 0 radical (unpaired) electrons. The summed E-state index contributed by atoms with van der Waals surface area (Å²) in [6.45, 7) is 1.71. The number of fused-ring (bicyclic) bond motifs is 1. The van der Waals surface area contributed by atoms with Crippen LogP contribution in [-0.2, 0) is 0 Å². The van der Waals surface area contributed by atoms with E-state index in [1.165, 1.54) is 22.9 Å². The van der Waals surface area contributed by atoms with Gasteiger partial charge in [-0.3, -0.25) is 14.3 Å². The quantitative estimate of drug-likeness (QED) is 0.788. The minimum absolute atomic E-state index is 0.0231. The van der Waals surface area contributed by atoms with Crippen molar-refractivity contribution in [3.8, 4) is 5.69 Å². The summed E-state index contributed by atoms with van der Waals surface area (Å²) in [6, 6.07) is 5.47. The molecule has 1 aromatic carbocycles. The van der Waals surface area contributed by atoms with Crippen molar-refractivity contribution in [1.82, 2.24) is 14.5 Å². The zero-order valence-corrected chi connectivity index (χ0v) is 12.4. The second-order valence-corrected chi connectivity index (χ2v) is 5.24. The molecule has 0 aliphatic carbocycles.